The molecule has 0 spiro atoms. The first kappa shape index (κ1) is 39.5. The average molecular weight is 654 g/mol. The number of nitrogens with zero attached hydrogens (tertiary/aromatic N) is 1. The fourth-order valence-electron chi connectivity index (χ4n) is 6.57. The normalized spacial score (nSPS) is 25.3. The summed E-state index contributed by atoms with van der Waals surface area (Å²) in [6.45, 7) is 35.0. The molecule has 2 N–H and O–H groups in total. The van der Waals surface area contributed by atoms with Crippen LogP contribution in [0.25, 0.3) is 0 Å². The number of hydrogen-bond acceptors (Lipinski definition) is 4. The minimum atomic E-state index is -2.05. The lowest BCUT2D eigenvalue weighted by molar-refractivity contribution is -0.0668. The highest BCUT2D eigenvalue weighted by Gasteiger charge is 2.51. The lowest BCUT2D eigenvalue weighted by Gasteiger charge is -2.54. The van der Waals surface area contributed by atoms with Crippen molar-refractivity contribution < 1.29 is 13.0 Å². The molecule has 44 heavy (non-hydrogen) atoms. The summed E-state index contributed by atoms with van der Waals surface area (Å²) in [7, 11) is -3.41. The van der Waals surface area contributed by atoms with Gasteiger partial charge in [0.05, 0.1) is 27.4 Å². The Kier molecular flexibility index (Phi) is 12.4. The maximum atomic E-state index is 15.2. The predicted octanol–water partition coefficient (Wildman–Crippen LogP) is 9.80. The highest BCUT2D eigenvalue weighted by Crippen LogP contribution is 2.51. The third-order valence-electron chi connectivity index (χ3n) is 9.41. The van der Waals surface area contributed by atoms with Crippen LogP contribution in [0.5, 0.6) is 0 Å². The number of pyridine rings is 1. The quantitative estimate of drug-likeness (QED) is 0.217. The van der Waals surface area contributed by atoms with Gasteiger partial charge in [-0.2, -0.15) is 4.39 Å². The van der Waals surface area contributed by atoms with Crippen LogP contribution in [0.2, 0.25) is 18.1 Å². The first-order valence-corrected chi connectivity index (χ1v) is 20.9. The Morgan fingerprint density at radius 3 is 1.95 bits per heavy atom. The molecule has 0 aromatic carbocycles. The first-order valence-electron chi connectivity index (χ1n) is 16.9. The second-order valence-corrected chi connectivity index (χ2v) is 25.7. The molecule has 0 radical (unpaired) electrons. The zero-order valence-electron chi connectivity index (χ0n) is 31.3. The molecule has 2 aliphatic rings. The van der Waals surface area contributed by atoms with Gasteiger partial charge in [-0.25, -0.2) is 13.9 Å². The molecule has 1 saturated heterocycles. The molecule has 2 fully saturated rings. The monoisotopic (exact) mass is 653 g/mol. The molecule has 0 amide bonds. The van der Waals surface area contributed by atoms with E-state index in [1.165, 1.54) is 19.3 Å². The number of hydrogen-bond donors (Lipinski definition) is 2. The van der Waals surface area contributed by atoms with Crippen LogP contribution in [-0.2, 0) is 21.8 Å². The SMILES string of the molecule is CC1(C)CCCC(C)(C)N1.CC1CC(C[C@H](NS(=O)C(C)(C)C)c2cc(CC(C)(C)C)cnc2F)(O[Si](C)(C)C(C)(C)C)C1. The summed E-state index contributed by atoms with van der Waals surface area (Å²) in [5.41, 5.74) is 1.94. The topological polar surface area (TPSA) is 63.2 Å². The largest absolute Gasteiger partial charge is 0.411 e. The molecular weight excluding hydrogens is 586 g/mol. The van der Waals surface area contributed by atoms with Crippen LogP contribution < -0.4 is 10.0 Å². The van der Waals surface area contributed by atoms with Crippen LogP contribution >= 0.6 is 0 Å². The Labute approximate surface area is 274 Å². The van der Waals surface area contributed by atoms with E-state index in [1.54, 1.807) is 6.20 Å². The molecule has 1 saturated carbocycles. The fraction of sp³-hybridized carbons (Fsp3) is 0.861. The van der Waals surface area contributed by atoms with E-state index in [0.29, 0.717) is 29.0 Å². The standard InChI is InChI=1S/C27H49FN2O2SSi.C9H19N/c1-19-14-27(15-19,32-34(11,12)26(8,9)10)17-22(30-33(31)25(5,6)7)21-13-20(16-24(2,3)4)18-29-23(21)28;1-8(2)6-5-7-9(3,4)10-8/h13,18-19,22,30H,14-17H2,1-12H3;10H,5-7H2,1-4H3/t19?,22-,27?,33?;/m0./s1. The average Bonchev–Trinajstić information content (AvgIpc) is 2.75. The minimum absolute atomic E-state index is 0.0595. The maximum Gasteiger partial charge on any atom is 0.217 e. The Morgan fingerprint density at radius 1 is 1.05 bits per heavy atom. The number of aromatic nitrogens is 1. The molecule has 1 unspecified atom stereocenters. The van der Waals surface area contributed by atoms with E-state index >= 15 is 4.39 Å². The van der Waals surface area contributed by atoms with Gasteiger partial charge in [-0.15, -0.1) is 0 Å². The van der Waals surface area contributed by atoms with Crippen molar-refractivity contribution in [1.29, 1.82) is 0 Å². The van der Waals surface area contributed by atoms with Crippen molar-refractivity contribution in [3.63, 3.8) is 0 Å². The van der Waals surface area contributed by atoms with Gasteiger partial charge < -0.3 is 9.74 Å². The molecule has 256 valence electrons. The van der Waals surface area contributed by atoms with Crippen molar-refractivity contribution >= 4 is 19.3 Å². The molecular formula is C36H68FN3O2SSi. The third-order valence-corrected chi connectivity index (χ3v) is 15.6. The summed E-state index contributed by atoms with van der Waals surface area (Å²) in [6, 6.07) is 1.48. The minimum Gasteiger partial charge on any atom is -0.411 e. The fourth-order valence-corrected chi connectivity index (χ4v) is 9.03. The summed E-state index contributed by atoms with van der Waals surface area (Å²) in [6.07, 6.45) is 8.90. The van der Waals surface area contributed by atoms with E-state index in [-0.39, 0.29) is 16.1 Å². The molecule has 5 nitrogen and oxygen atoms in total. The summed E-state index contributed by atoms with van der Waals surface area (Å²) >= 11 is 0. The van der Waals surface area contributed by atoms with Crippen LogP contribution in [-0.4, -0.2) is 38.9 Å². The molecule has 2 atom stereocenters. The number of piperidine rings is 1. The molecule has 3 rings (SSSR count). The second-order valence-electron chi connectivity index (χ2n) is 19.0. The van der Waals surface area contributed by atoms with Gasteiger partial charge >= 0.3 is 0 Å². The van der Waals surface area contributed by atoms with E-state index in [2.05, 4.69) is 104 Å². The van der Waals surface area contributed by atoms with E-state index in [4.69, 9.17) is 4.43 Å². The van der Waals surface area contributed by atoms with Crippen LogP contribution in [0.4, 0.5) is 4.39 Å². The summed E-state index contributed by atoms with van der Waals surface area (Å²) in [4.78, 5) is 4.12. The predicted molar refractivity (Wildman–Crippen MR) is 190 cm³/mol. The summed E-state index contributed by atoms with van der Waals surface area (Å²) in [5, 5.41) is 3.71. The molecule has 2 heterocycles. The Bertz CT molecular complexity index is 1110. The molecule has 1 aromatic rings. The van der Waals surface area contributed by atoms with Crippen molar-refractivity contribution in [3.05, 3.63) is 29.3 Å². The van der Waals surface area contributed by atoms with Gasteiger partial charge in [0.2, 0.25) is 5.95 Å². The van der Waals surface area contributed by atoms with E-state index in [9.17, 15) is 4.21 Å². The first-order chi connectivity index (χ1) is 19.6. The number of nitrogens with one attached hydrogen (secondary N) is 2. The molecule has 0 bridgehead atoms. The van der Waals surface area contributed by atoms with Gasteiger partial charge in [0.15, 0.2) is 8.32 Å². The Hall–Kier alpha value is -0.673. The lowest BCUT2D eigenvalue weighted by atomic mass is 9.68. The van der Waals surface area contributed by atoms with Crippen LogP contribution in [0, 0.1) is 17.3 Å². The maximum absolute atomic E-state index is 15.2. The Morgan fingerprint density at radius 2 is 1.57 bits per heavy atom. The molecule has 1 aliphatic carbocycles. The van der Waals surface area contributed by atoms with Gasteiger partial charge in [-0.1, -0.05) is 48.5 Å². The van der Waals surface area contributed by atoms with Crippen molar-refractivity contribution in [2.45, 2.75) is 187 Å². The number of rotatable bonds is 8. The van der Waals surface area contributed by atoms with Gasteiger partial charge in [-0.05, 0) is 135 Å². The van der Waals surface area contributed by atoms with E-state index in [0.717, 1.165) is 24.8 Å². The van der Waals surface area contributed by atoms with Gasteiger partial charge in [0.25, 0.3) is 0 Å². The third kappa shape index (κ3) is 11.8. The zero-order valence-corrected chi connectivity index (χ0v) is 33.1. The van der Waals surface area contributed by atoms with Crippen molar-refractivity contribution in [1.82, 2.24) is 15.0 Å². The number of halogens is 1. The summed E-state index contributed by atoms with van der Waals surface area (Å²) < 4.78 is 38.3. The van der Waals surface area contributed by atoms with Crippen molar-refractivity contribution in [3.8, 4) is 0 Å². The van der Waals surface area contributed by atoms with Gasteiger partial charge in [0, 0.05) is 22.8 Å². The summed E-state index contributed by atoms with van der Waals surface area (Å²) in [5.74, 6) is 0.0737. The van der Waals surface area contributed by atoms with Crippen LogP contribution in [0.15, 0.2) is 12.3 Å². The van der Waals surface area contributed by atoms with Crippen LogP contribution in [0.1, 0.15) is 153 Å². The lowest BCUT2D eigenvalue weighted by Crippen LogP contribution is -2.56. The van der Waals surface area contributed by atoms with Crippen molar-refractivity contribution in [2.24, 2.45) is 11.3 Å². The van der Waals surface area contributed by atoms with Gasteiger partial charge in [-0.3, -0.25) is 0 Å². The zero-order chi connectivity index (χ0) is 34.2. The highest BCUT2D eigenvalue weighted by molar-refractivity contribution is 7.84. The Balaban J connectivity index is 0.000000569. The second kappa shape index (κ2) is 13.8. The van der Waals surface area contributed by atoms with E-state index in [1.807, 2.05) is 26.8 Å². The molecule has 1 aliphatic heterocycles. The van der Waals surface area contributed by atoms with E-state index < -0.39 is 36.0 Å². The van der Waals surface area contributed by atoms with Crippen LogP contribution in [0.3, 0.4) is 0 Å². The highest BCUT2D eigenvalue weighted by atomic mass is 32.2. The molecule has 1 aromatic heterocycles. The van der Waals surface area contributed by atoms with Gasteiger partial charge in [0.1, 0.15) is 0 Å². The van der Waals surface area contributed by atoms with Crippen molar-refractivity contribution in [2.75, 3.05) is 0 Å². The molecule has 8 heteroatoms. The smallest absolute Gasteiger partial charge is 0.217 e.